The molecular formula is C9H6Br2N4O2. The van der Waals surface area contributed by atoms with Crippen LogP contribution in [0.1, 0.15) is 5.56 Å². The van der Waals surface area contributed by atoms with Crippen molar-refractivity contribution < 1.29 is 4.92 Å². The molecule has 1 aromatic heterocycles. The van der Waals surface area contributed by atoms with Crippen molar-refractivity contribution >= 4 is 37.5 Å². The van der Waals surface area contributed by atoms with Crippen LogP contribution in [0.4, 0.5) is 5.69 Å². The summed E-state index contributed by atoms with van der Waals surface area (Å²) in [6, 6.07) is 4.78. The summed E-state index contributed by atoms with van der Waals surface area (Å²) < 4.78 is 0.988. The van der Waals surface area contributed by atoms with E-state index >= 15 is 0 Å². The smallest absolute Gasteiger partial charge is 0.258 e. The number of aryl methyl sites for hydroxylation is 1. The van der Waals surface area contributed by atoms with Crippen molar-refractivity contribution in [3.8, 4) is 5.69 Å². The molecule has 0 N–H and O–H groups in total. The van der Waals surface area contributed by atoms with Gasteiger partial charge in [-0.2, -0.15) is 0 Å². The summed E-state index contributed by atoms with van der Waals surface area (Å²) in [5.41, 5.74) is 1.20. The molecule has 0 radical (unpaired) electrons. The van der Waals surface area contributed by atoms with Crippen molar-refractivity contribution in [1.82, 2.24) is 15.0 Å². The lowest BCUT2D eigenvalue weighted by Gasteiger charge is -2.02. The summed E-state index contributed by atoms with van der Waals surface area (Å²) in [5, 5.41) is 19.0. The highest BCUT2D eigenvalue weighted by molar-refractivity contribution is 9.13. The van der Waals surface area contributed by atoms with Gasteiger partial charge in [0, 0.05) is 6.07 Å². The molecule has 0 aliphatic carbocycles. The van der Waals surface area contributed by atoms with Gasteiger partial charge in [-0.3, -0.25) is 10.1 Å². The van der Waals surface area contributed by atoms with Crippen molar-refractivity contribution in [2.24, 2.45) is 0 Å². The fourth-order valence-corrected chi connectivity index (χ4v) is 1.79. The largest absolute Gasteiger partial charge is 0.296 e. The minimum Gasteiger partial charge on any atom is -0.258 e. The molecule has 0 saturated heterocycles. The Balaban J connectivity index is 2.64. The number of nitro benzene ring substituents is 1. The van der Waals surface area contributed by atoms with E-state index in [1.807, 2.05) is 6.92 Å². The highest BCUT2D eigenvalue weighted by atomic mass is 79.9. The van der Waals surface area contributed by atoms with Gasteiger partial charge in [0.25, 0.3) is 5.69 Å². The normalized spacial score (nSPS) is 10.5. The first-order valence-corrected chi connectivity index (χ1v) is 6.11. The van der Waals surface area contributed by atoms with Crippen molar-refractivity contribution in [3.63, 3.8) is 0 Å². The van der Waals surface area contributed by atoms with Crippen LogP contribution in [-0.4, -0.2) is 19.9 Å². The second-order valence-electron chi connectivity index (χ2n) is 3.32. The Bertz CT molecular complexity index is 577. The van der Waals surface area contributed by atoms with Crippen molar-refractivity contribution in [1.29, 1.82) is 0 Å². The van der Waals surface area contributed by atoms with Gasteiger partial charge in [0.15, 0.2) is 14.9 Å². The van der Waals surface area contributed by atoms with Crippen molar-refractivity contribution in [2.45, 2.75) is 6.92 Å². The first-order chi connectivity index (χ1) is 7.99. The molecule has 0 aliphatic heterocycles. The van der Waals surface area contributed by atoms with Crippen molar-refractivity contribution in [2.75, 3.05) is 0 Å². The lowest BCUT2D eigenvalue weighted by Crippen LogP contribution is -2.03. The quantitative estimate of drug-likeness (QED) is 0.608. The molecule has 0 spiro atoms. The zero-order valence-corrected chi connectivity index (χ0v) is 11.8. The van der Waals surface area contributed by atoms with Crippen LogP contribution in [-0.2, 0) is 0 Å². The van der Waals surface area contributed by atoms with Gasteiger partial charge in [0.2, 0.25) is 0 Å². The monoisotopic (exact) mass is 360 g/mol. The lowest BCUT2D eigenvalue weighted by molar-refractivity contribution is -0.384. The van der Waals surface area contributed by atoms with E-state index < -0.39 is 4.92 Å². The van der Waals surface area contributed by atoms with Gasteiger partial charge < -0.3 is 0 Å². The Labute approximate surface area is 113 Å². The number of benzene rings is 1. The second-order valence-corrected chi connectivity index (χ2v) is 4.82. The average molecular weight is 362 g/mol. The number of hydrogen-bond donors (Lipinski definition) is 0. The number of nitrogens with zero attached hydrogens (tertiary/aromatic N) is 4. The lowest BCUT2D eigenvalue weighted by atomic mass is 10.2. The van der Waals surface area contributed by atoms with Gasteiger partial charge in [-0.1, -0.05) is 6.07 Å². The van der Waals surface area contributed by atoms with E-state index in [4.69, 9.17) is 0 Å². The summed E-state index contributed by atoms with van der Waals surface area (Å²) in [5.74, 6) is 0. The summed E-state index contributed by atoms with van der Waals surface area (Å²) in [7, 11) is 0. The van der Waals surface area contributed by atoms with E-state index in [1.54, 1.807) is 12.1 Å². The Morgan fingerprint density at radius 1 is 1.29 bits per heavy atom. The molecule has 1 heterocycles. The Morgan fingerprint density at radius 3 is 2.41 bits per heavy atom. The minimum atomic E-state index is -0.458. The first kappa shape index (κ1) is 12.2. The third kappa shape index (κ3) is 2.37. The predicted octanol–water partition coefficient (Wildman–Crippen LogP) is 3.01. The van der Waals surface area contributed by atoms with Gasteiger partial charge in [-0.05, 0) is 50.4 Å². The molecule has 0 fully saturated rings. The summed E-state index contributed by atoms with van der Waals surface area (Å²) in [4.78, 5) is 11.7. The fraction of sp³-hybridized carbons (Fsp3) is 0.111. The van der Waals surface area contributed by atoms with Crippen LogP contribution in [0.3, 0.4) is 0 Å². The molecule has 0 atom stereocenters. The molecule has 17 heavy (non-hydrogen) atoms. The first-order valence-electron chi connectivity index (χ1n) is 4.53. The van der Waals surface area contributed by atoms with Crippen LogP contribution >= 0.6 is 31.9 Å². The molecule has 0 amide bonds. The number of hydrogen-bond acceptors (Lipinski definition) is 4. The summed E-state index contributed by atoms with van der Waals surface area (Å²) in [6.07, 6.45) is 0. The molecular weight excluding hydrogens is 356 g/mol. The van der Waals surface area contributed by atoms with Gasteiger partial charge in [0.05, 0.1) is 4.92 Å². The Kier molecular flexibility index (Phi) is 3.25. The third-order valence-corrected chi connectivity index (χ3v) is 3.68. The highest BCUT2D eigenvalue weighted by Gasteiger charge is 2.18. The Hall–Kier alpha value is -1.28. The van der Waals surface area contributed by atoms with Crippen LogP contribution in [0.5, 0.6) is 0 Å². The van der Waals surface area contributed by atoms with E-state index in [-0.39, 0.29) is 5.69 Å². The zero-order chi connectivity index (χ0) is 12.6. The second kappa shape index (κ2) is 4.53. The molecule has 8 heteroatoms. The standard InChI is InChI=1S/C9H6Br2N4O2/c1-5-2-3-6(15(16)17)7(4-5)14-12-8(10)9(11)13-14/h2-4H,1H3. The van der Waals surface area contributed by atoms with E-state index in [0.29, 0.717) is 14.9 Å². The molecule has 1 aromatic carbocycles. The van der Waals surface area contributed by atoms with E-state index in [2.05, 4.69) is 42.1 Å². The van der Waals surface area contributed by atoms with Crippen LogP contribution in [0.25, 0.3) is 5.69 Å². The molecule has 2 aromatic rings. The van der Waals surface area contributed by atoms with Crippen LogP contribution in [0.15, 0.2) is 27.4 Å². The summed E-state index contributed by atoms with van der Waals surface area (Å²) in [6.45, 7) is 1.85. The topological polar surface area (TPSA) is 73.8 Å². The summed E-state index contributed by atoms with van der Waals surface area (Å²) >= 11 is 6.36. The average Bonchev–Trinajstić information content (AvgIpc) is 2.58. The fourth-order valence-electron chi connectivity index (χ4n) is 1.33. The van der Waals surface area contributed by atoms with E-state index in [9.17, 15) is 10.1 Å². The van der Waals surface area contributed by atoms with E-state index in [0.717, 1.165) is 5.56 Å². The van der Waals surface area contributed by atoms with Crippen molar-refractivity contribution in [3.05, 3.63) is 43.1 Å². The molecule has 0 aliphatic rings. The molecule has 2 rings (SSSR count). The maximum atomic E-state index is 10.9. The minimum absolute atomic E-state index is 0.0365. The molecule has 0 unspecified atom stereocenters. The third-order valence-electron chi connectivity index (χ3n) is 2.08. The maximum absolute atomic E-state index is 10.9. The molecule has 88 valence electrons. The van der Waals surface area contributed by atoms with Gasteiger partial charge >= 0.3 is 0 Å². The number of halogens is 2. The van der Waals surface area contributed by atoms with Crippen LogP contribution < -0.4 is 0 Å². The number of nitro groups is 1. The number of rotatable bonds is 2. The van der Waals surface area contributed by atoms with Crippen LogP contribution in [0, 0.1) is 17.0 Å². The van der Waals surface area contributed by atoms with Gasteiger partial charge in [-0.15, -0.1) is 15.0 Å². The molecule has 0 saturated carbocycles. The van der Waals surface area contributed by atoms with E-state index in [1.165, 1.54) is 10.9 Å². The number of aromatic nitrogens is 3. The maximum Gasteiger partial charge on any atom is 0.296 e. The SMILES string of the molecule is Cc1ccc([N+](=O)[O-])c(-n2nc(Br)c(Br)n2)c1. The molecule has 6 nitrogen and oxygen atoms in total. The zero-order valence-electron chi connectivity index (χ0n) is 8.59. The predicted molar refractivity (Wildman–Crippen MR) is 68.2 cm³/mol. The van der Waals surface area contributed by atoms with Gasteiger partial charge in [-0.25, -0.2) is 0 Å². The highest BCUT2D eigenvalue weighted by Crippen LogP contribution is 2.25. The van der Waals surface area contributed by atoms with Crippen LogP contribution in [0.2, 0.25) is 0 Å². The Morgan fingerprint density at radius 2 is 1.88 bits per heavy atom. The molecule has 0 bridgehead atoms. The van der Waals surface area contributed by atoms with Gasteiger partial charge in [0.1, 0.15) is 0 Å².